The highest BCUT2D eigenvalue weighted by Crippen LogP contribution is 2.38. The van der Waals surface area contributed by atoms with Gasteiger partial charge in [-0.3, -0.25) is 9.79 Å². The van der Waals surface area contributed by atoms with Crippen LogP contribution in [0.2, 0.25) is 0 Å². The smallest absolute Gasteiger partial charge is 0.203 e. The fourth-order valence-electron chi connectivity index (χ4n) is 2.83. The van der Waals surface area contributed by atoms with Crippen molar-refractivity contribution in [3.63, 3.8) is 0 Å². The van der Waals surface area contributed by atoms with Gasteiger partial charge in [0.2, 0.25) is 5.75 Å². The lowest BCUT2D eigenvalue weighted by molar-refractivity contribution is -0.116. The molecule has 2 aromatic carbocycles. The number of carbonyl (C=O) groups is 1. The number of phenolic OH excluding ortho intramolecular Hbond substituents is 1. The summed E-state index contributed by atoms with van der Waals surface area (Å²) in [6.07, 6.45) is 1.73. The molecular formula is C22H22N2O4S. The minimum Gasteiger partial charge on any atom is -0.504 e. The van der Waals surface area contributed by atoms with Crippen molar-refractivity contribution in [2.75, 3.05) is 27.3 Å². The van der Waals surface area contributed by atoms with Gasteiger partial charge in [-0.05, 0) is 18.2 Å². The molecule has 0 spiro atoms. The van der Waals surface area contributed by atoms with E-state index in [0.29, 0.717) is 17.0 Å². The van der Waals surface area contributed by atoms with Crippen molar-refractivity contribution >= 4 is 39.1 Å². The van der Waals surface area contributed by atoms with Crippen LogP contribution in [0.15, 0.2) is 53.3 Å². The van der Waals surface area contributed by atoms with E-state index in [1.54, 1.807) is 23.6 Å². The van der Waals surface area contributed by atoms with E-state index in [1.165, 1.54) is 25.0 Å². The Morgan fingerprint density at radius 2 is 2.07 bits per heavy atom. The minimum atomic E-state index is -0.0772. The Balaban J connectivity index is 1.56. The second kappa shape index (κ2) is 9.25. The van der Waals surface area contributed by atoms with E-state index in [1.807, 2.05) is 23.6 Å². The monoisotopic (exact) mass is 410 g/mol. The van der Waals surface area contributed by atoms with E-state index in [0.717, 1.165) is 10.9 Å². The number of hydrogen-bond acceptors (Lipinski definition) is 7. The third-order valence-corrected chi connectivity index (χ3v) is 5.30. The van der Waals surface area contributed by atoms with Gasteiger partial charge in [0.15, 0.2) is 17.3 Å². The van der Waals surface area contributed by atoms with Crippen LogP contribution >= 0.6 is 11.3 Å². The van der Waals surface area contributed by atoms with Crippen molar-refractivity contribution in [2.45, 2.75) is 0 Å². The van der Waals surface area contributed by atoms with E-state index < -0.39 is 0 Å². The molecule has 150 valence electrons. The highest BCUT2D eigenvalue weighted by molar-refractivity contribution is 7.17. The maximum atomic E-state index is 12.2. The number of nitrogens with one attached hydrogen (secondary N) is 1. The van der Waals surface area contributed by atoms with E-state index in [2.05, 4.69) is 23.0 Å². The summed E-state index contributed by atoms with van der Waals surface area (Å²) in [6, 6.07) is 11.3. The van der Waals surface area contributed by atoms with Crippen LogP contribution in [0.4, 0.5) is 0 Å². The van der Waals surface area contributed by atoms with Gasteiger partial charge in [-0.1, -0.05) is 24.8 Å². The van der Waals surface area contributed by atoms with Crippen LogP contribution in [0, 0.1) is 0 Å². The highest BCUT2D eigenvalue weighted by atomic mass is 32.1. The van der Waals surface area contributed by atoms with Crippen molar-refractivity contribution < 1.29 is 19.4 Å². The van der Waals surface area contributed by atoms with Gasteiger partial charge in [0.25, 0.3) is 0 Å². The summed E-state index contributed by atoms with van der Waals surface area (Å²) < 4.78 is 11.5. The summed E-state index contributed by atoms with van der Waals surface area (Å²) in [4.78, 5) is 16.4. The van der Waals surface area contributed by atoms with E-state index in [-0.39, 0.29) is 30.4 Å². The van der Waals surface area contributed by atoms with Crippen LogP contribution in [-0.2, 0) is 4.79 Å². The van der Waals surface area contributed by atoms with Crippen LogP contribution in [0.3, 0.4) is 0 Å². The Hall–Kier alpha value is -3.32. The number of thiophene rings is 1. The van der Waals surface area contributed by atoms with Crippen molar-refractivity contribution in [3.8, 4) is 17.2 Å². The molecule has 0 bridgehead atoms. The Morgan fingerprint density at radius 1 is 1.28 bits per heavy atom. The lowest BCUT2D eigenvalue weighted by Gasteiger charge is -2.14. The second-order valence-electron chi connectivity index (χ2n) is 6.26. The first-order valence-corrected chi connectivity index (χ1v) is 9.77. The number of hydrogen-bond donors (Lipinski definition) is 2. The zero-order valence-corrected chi connectivity index (χ0v) is 17.1. The Kier molecular flexibility index (Phi) is 6.51. The quantitative estimate of drug-likeness (QED) is 0.524. The van der Waals surface area contributed by atoms with Gasteiger partial charge >= 0.3 is 0 Å². The summed E-state index contributed by atoms with van der Waals surface area (Å²) in [7, 11) is 2.93. The van der Waals surface area contributed by atoms with Crippen LogP contribution in [-0.4, -0.2) is 44.4 Å². The molecule has 29 heavy (non-hydrogen) atoms. The molecule has 7 heteroatoms. The second-order valence-corrected chi connectivity index (χ2v) is 7.17. The number of carbonyl (C=O) groups excluding carboxylic acids is 1. The first-order chi connectivity index (χ1) is 14.0. The number of ketones is 1. The number of methoxy groups -OCH3 is 2. The van der Waals surface area contributed by atoms with Gasteiger partial charge < -0.3 is 19.9 Å². The van der Waals surface area contributed by atoms with Crippen molar-refractivity contribution in [1.82, 2.24) is 5.32 Å². The molecule has 0 saturated heterocycles. The standard InChI is InChI=1S/C22H22N2O4S/c1-14(15-8-19(26)22(28-3)20(9-15)27-2)24-12-17(25)11-23-10-16-13-29-21-7-5-4-6-18(16)21/h4-10,13,24,26H,1,11-12H2,2-3H3/b23-10+. The first-order valence-electron chi connectivity index (χ1n) is 8.89. The Morgan fingerprint density at radius 3 is 2.83 bits per heavy atom. The normalized spacial score (nSPS) is 11.0. The third kappa shape index (κ3) is 4.75. The van der Waals surface area contributed by atoms with E-state index in [4.69, 9.17) is 9.47 Å². The van der Waals surface area contributed by atoms with Crippen LogP contribution in [0.1, 0.15) is 11.1 Å². The number of fused-ring (bicyclic) bond motifs is 1. The molecule has 0 fully saturated rings. The molecule has 3 aromatic rings. The molecule has 0 radical (unpaired) electrons. The number of benzene rings is 2. The van der Waals surface area contributed by atoms with E-state index >= 15 is 0 Å². The van der Waals surface area contributed by atoms with Gasteiger partial charge in [0.1, 0.15) is 0 Å². The number of phenols is 1. The summed E-state index contributed by atoms with van der Waals surface area (Å²) in [5.74, 6) is 0.482. The summed E-state index contributed by atoms with van der Waals surface area (Å²) in [5, 5.41) is 16.2. The predicted octanol–water partition coefficient (Wildman–Crippen LogP) is 3.87. The maximum absolute atomic E-state index is 12.2. The van der Waals surface area contributed by atoms with Crippen LogP contribution < -0.4 is 14.8 Å². The van der Waals surface area contributed by atoms with Crippen molar-refractivity contribution in [1.29, 1.82) is 0 Å². The Labute approximate surface area is 173 Å². The molecule has 0 unspecified atom stereocenters. The zero-order chi connectivity index (χ0) is 20.8. The van der Waals surface area contributed by atoms with Crippen molar-refractivity contribution in [3.05, 3.63) is 59.5 Å². The molecule has 0 aliphatic rings. The zero-order valence-electron chi connectivity index (χ0n) is 16.3. The average Bonchev–Trinajstić information content (AvgIpc) is 3.14. The lowest BCUT2D eigenvalue weighted by atomic mass is 10.1. The fourth-order valence-corrected chi connectivity index (χ4v) is 3.74. The number of ether oxygens (including phenoxy) is 2. The van der Waals surface area contributed by atoms with Gasteiger partial charge in [-0.15, -0.1) is 11.3 Å². The summed E-state index contributed by atoms with van der Waals surface area (Å²) in [6.45, 7) is 4.07. The fraction of sp³-hybridized carbons (Fsp3) is 0.182. The minimum absolute atomic E-state index is 0.0660. The molecule has 0 amide bonds. The molecule has 0 saturated carbocycles. The molecule has 0 aliphatic carbocycles. The van der Waals surface area contributed by atoms with E-state index in [9.17, 15) is 9.90 Å². The number of Topliss-reactive ketones (excluding diaryl/α,β-unsaturated/α-hetero) is 1. The van der Waals surface area contributed by atoms with Crippen molar-refractivity contribution in [2.24, 2.45) is 4.99 Å². The summed E-state index contributed by atoms with van der Waals surface area (Å²) >= 11 is 1.65. The van der Waals surface area contributed by atoms with Gasteiger partial charge in [-0.25, -0.2) is 0 Å². The molecule has 1 heterocycles. The topological polar surface area (TPSA) is 80.2 Å². The SMILES string of the molecule is C=C(NCC(=O)C/N=C/c1csc2ccccc12)c1cc(O)c(OC)c(OC)c1. The largest absolute Gasteiger partial charge is 0.504 e. The first kappa shape index (κ1) is 20.4. The summed E-state index contributed by atoms with van der Waals surface area (Å²) in [5.41, 5.74) is 2.10. The number of aliphatic imine (C=N–C) groups is 1. The lowest BCUT2D eigenvalue weighted by Crippen LogP contribution is -2.23. The molecule has 2 N–H and O–H groups in total. The number of aromatic hydroxyl groups is 1. The predicted molar refractivity (Wildman–Crippen MR) is 118 cm³/mol. The molecule has 3 rings (SSSR count). The molecule has 0 aliphatic heterocycles. The van der Waals surface area contributed by atoms with Crippen LogP contribution in [0.25, 0.3) is 15.8 Å². The third-order valence-electron chi connectivity index (χ3n) is 4.32. The molecular weight excluding hydrogens is 388 g/mol. The van der Waals surface area contributed by atoms with Gasteiger partial charge in [0, 0.05) is 38.5 Å². The molecule has 1 aromatic heterocycles. The average molecular weight is 410 g/mol. The highest BCUT2D eigenvalue weighted by Gasteiger charge is 2.13. The van der Waals surface area contributed by atoms with Gasteiger partial charge in [-0.2, -0.15) is 0 Å². The Bertz CT molecular complexity index is 1070. The molecule has 0 atom stereocenters. The number of rotatable bonds is 9. The maximum Gasteiger partial charge on any atom is 0.203 e. The molecule has 6 nitrogen and oxygen atoms in total. The number of nitrogens with zero attached hydrogens (tertiary/aromatic N) is 1. The van der Waals surface area contributed by atoms with Gasteiger partial charge in [0.05, 0.1) is 27.3 Å². The van der Waals surface area contributed by atoms with Crippen LogP contribution in [0.5, 0.6) is 17.2 Å².